The number of halogens is 2. The minimum atomic E-state index is -3.92. The van der Waals surface area contributed by atoms with E-state index < -0.39 is 68.7 Å². The molecule has 4 fully saturated rings. The number of piperidine rings is 1. The maximum Gasteiger partial charge on any atom is 0.259 e. The van der Waals surface area contributed by atoms with E-state index in [9.17, 15) is 32.0 Å². The maximum atomic E-state index is 14.9. The number of aromatic nitrogens is 2. The van der Waals surface area contributed by atoms with Gasteiger partial charge in [-0.3, -0.25) is 28.9 Å². The first-order chi connectivity index (χ1) is 28.9. The number of sulfonamides is 1. The number of likely N-dealkylation sites (tertiary alicyclic amines) is 1. The van der Waals surface area contributed by atoms with Crippen molar-refractivity contribution in [2.45, 2.75) is 106 Å². The predicted octanol–water partition coefficient (Wildman–Crippen LogP) is 5.28. The van der Waals surface area contributed by atoms with Gasteiger partial charge in [0.05, 0.1) is 35.8 Å². The second kappa shape index (κ2) is 17.3. The van der Waals surface area contributed by atoms with Crippen LogP contribution in [0.1, 0.15) is 77.0 Å². The molecule has 17 heteroatoms. The summed E-state index contributed by atoms with van der Waals surface area (Å²) in [5.41, 5.74) is -0.114. The number of allylic oxidation sites excluding steroid dienone is 1. The molecule has 2 N–H and O–H groups in total. The topological polar surface area (TPSA) is 177 Å². The van der Waals surface area contributed by atoms with Crippen LogP contribution in [0.2, 0.25) is 5.02 Å². The van der Waals surface area contributed by atoms with Gasteiger partial charge in [-0.25, -0.2) is 17.8 Å². The normalized spacial score (nSPS) is 27.2. The number of hydrogen-bond donors (Lipinski definition) is 2. The van der Waals surface area contributed by atoms with Crippen molar-refractivity contribution in [3.05, 3.63) is 59.8 Å². The fourth-order valence-corrected chi connectivity index (χ4v) is 10.4. The highest BCUT2D eigenvalue weighted by Gasteiger charge is 2.62. The van der Waals surface area contributed by atoms with Crippen molar-refractivity contribution in [1.29, 1.82) is 0 Å². The van der Waals surface area contributed by atoms with Gasteiger partial charge in [0.1, 0.15) is 40.4 Å². The lowest BCUT2D eigenvalue weighted by molar-refractivity contribution is -0.146. The quantitative estimate of drug-likeness (QED) is 0.269. The highest BCUT2D eigenvalue weighted by molar-refractivity contribution is 7.91. The molecule has 0 bridgehead atoms. The van der Waals surface area contributed by atoms with Crippen LogP contribution in [-0.2, 0) is 29.2 Å². The van der Waals surface area contributed by atoms with Gasteiger partial charge in [-0.2, -0.15) is 0 Å². The zero-order chi connectivity index (χ0) is 42.2. The molecule has 320 valence electrons. The summed E-state index contributed by atoms with van der Waals surface area (Å²) in [5, 5.41) is 3.08. The fraction of sp³-hybridized carbons (Fsp3) is 0.535. The molecule has 5 atom stereocenters. The standard InChI is InChI=1S/C43H50ClFN6O8S/c1-58-35-15-14-31-36(23-33(47-39(31)38(35)44)32-11-7-8-18-46-32)59-29-22-34-40(53)48-43(42(55)49-60(56,57)30-12-13-30)24-27(43)10-6-4-2-3-5-9-26(41(54)51(34)25-29)21-37(52)50-19-16-28(45)17-20-50/h6-8,10-11,14-15,18,23,26-30,34H,2-5,9,12-13,16-17,19-22,24-25H2,1H3,(H,48,53)(H,49,55)/b10-6-/t26-,27-,29-,34+,43-/m1/s1. The second-order valence-electron chi connectivity index (χ2n) is 16.6. The number of hydrogen-bond acceptors (Lipinski definition) is 10. The zero-order valence-corrected chi connectivity index (χ0v) is 35.1. The first-order valence-corrected chi connectivity index (χ1v) is 22.8. The summed E-state index contributed by atoms with van der Waals surface area (Å²) in [6.07, 6.45) is 8.58. The van der Waals surface area contributed by atoms with Gasteiger partial charge in [-0.1, -0.05) is 42.7 Å². The fourth-order valence-electron chi connectivity index (χ4n) is 8.71. The SMILES string of the molecule is COc1ccc2c(O[C@@H]3C[C@H]4C(=O)N[C@]5(C(=O)NS(=O)(=O)C6CC6)C[C@H]5/C=C\CCCCC[C@H](CC(=O)N5CCC(F)CC5)C(=O)N4C3)cc(-c3ccccn3)nc2c1Cl. The zero-order valence-electron chi connectivity index (χ0n) is 33.5. The molecule has 4 amide bonds. The summed E-state index contributed by atoms with van der Waals surface area (Å²) < 4.78 is 54.3. The van der Waals surface area contributed by atoms with E-state index in [2.05, 4.69) is 15.0 Å². The van der Waals surface area contributed by atoms with Crippen molar-refractivity contribution in [2.75, 3.05) is 26.7 Å². The van der Waals surface area contributed by atoms with E-state index in [1.54, 1.807) is 41.4 Å². The Bertz CT molecular complexity index is 2290. The summed E-state index contributed by atoms with van der Waals surface area (Å²) in [6.45, 7) is 0.520. The molecule has 2 saturated carbocycles. The number of fused-ring (bicyclic) bond motifs is 3. The molecular weight excluding hydrogens is 815 g/mol. The monoisotopic (exact) mass is 864 g/mol. The lowest BCUT2D eigenvalue weighted by Crippen LogP contribution is -2.57. The summed E-state index contributed by atoms with van der Waals surface area (Å²) >= 11 is 6.80. The number of rotatable bonds is 9. The minimum Gasteiger partial charge on any atom is -0.495 e. The van der Waals surface area contributed by atoms with Crippen molar-refractivity contribution in [1.82, 2.24) is 29.8 Å². The van der Waals surface area contributed by atoms with Crippen LogP contribution in [0.25, 0.3) is 22.3 Å². The van der Waals surface area contributed by atoms with E-state index in [4.69, 9.17) is 26.1 Å². The largest absolute Gasteiger partial charge is 0.495 e. The number of benzene rings is 1. The molecule has 3 aromatic rings. The lowest BCUT2D eigenvalue weighted by atomic mass is 9.94. The predicted molar refractivity (Wildman–Crippen MR) is 221 cm³/mol. The average Bonchev–Trinajstić information content (AvgIpc) is 4.17. The smallest absolute Gasteiger partial charge is 0.259 e. The van der Waals surface area contributed by atoms with Crippen LogP contribution >= 0.6 is 11.6 Å². The first-order valence-electron chi connectivity index (χ1n) is 20.9. The van der Waals surface area contributed by atoms with Gasteiger partial charge >= 0.3 is 0 Å². The van der Waals surface area contributed by atoms with Gasteiger partial charge in [0.15, 0.2) is 0 Å². The van der Waals surface area contributed by atoms with E-state index in [0.717, 1.165) is 12.8 Å². The van der Waals surface area contributed by atoms with Crippen molar-refractivity contribution in [3.8, 4) is 22.9 Å². The molecule has 0 unspecified atom stereocenters. The van der Waals surface area contributed by atoms with Gasteiger partial charge in [0, 0.05) is 55.4 Å². The highest BCUT2D eigenvalue weighted by atomic mass is 35.5. The molecular formula is C43H50ClFN6O8S. The molecule has 5 heterocycles. The molecule has 2 aromatic heterocycles. The Morgan fingerprint density at radius 2 is 1.83 bits per heavy atom. The average molecular weight is 865 g/mol. The van der Waals surface area contributed by atoms with Crippen molar-refractivity contribution in [2.24, 2.45) is 11.8 Å². The molecule has 14 nitrogen and oxygen atoms in total. The number of nitrogens with one attached hydrogen (secondary N) is 2. The van der Waals surface area contributed by atoms with Crippen molar-refractivity contribution in [3.63, 3.8) is 0 Å². The third-order valence-electron chi connectivity index (χ3n) is 12.4. The number of pyridine rings is 2. The molecule has 1 aromatic carbocycles. The molecule has 8 rings (SSSR count). The number of carbonyl (C=O) groups is 4. The molecule has 0 radical (unpaired) electrons. The summed E-state index contributed by atoms with van der Waals surface area (Å²) in [7, 11) is -2.42. The van der Waals surface area contributed by atoms with Crippen LogP contribution in [-0.4, -0.2) is 108 Å². The lowest BCUT2D eigenvalue weighted by Gasteiger charge is -2.32. The summed E-state index contributed by atoms with van der Waals surface area (Å²) in [4.78, 5) is 69.4. The van der Waals surface area contributed by atoms with Crippen LogP contribution < -0.4 is 19.5 Å². The molecule has 0 spiro atoms. The van der Waals surface area contributed by atoms with Crippen LogP contribution in [0.5, 0.6) is 11.5 Å². The van der Waals surface area contributed by atoms with Crippen LogP contribution in [0.3, 0.4) is 0 Å². The third-order valence-corrected chi connectivity index (χ3v) is 14.6. The second-order valence-corrected chi connectivity index (χ2v) is 19.0. The third kappa shape index (κ3) is 8.81. The number of amides is 4. The van der Waals surface area contributed by atoms with Crippen LogP contribution in [0.15, 0.2) is 54.7 Å². The molecule has 2 aliphatic carbocycles. The van der Waals surface area contributed by atoms with Gasteiger partial charge < -0.3 is 24.6 Å². The molecule has 60 heavy (non-hydrogen) atoms. The number of methoxy groups -OCH3 is 1. The van der Waals surface area contributed by atoms with Crippen molar-refractivity contribution < 1.29 is 41.5 Å². The van der Waals surface area contributed by atoms with Gasteiger partial charge in [0.25, 0.3) is 5.91 Å². The minimum absolute atomic E-state index is 0.0213. The Morgan fingerprint density at radius 1 is 1.03 bits per heavy atom. The van der Waals surface area contributed by atoms with Crippen molar-refractivity contribution >= 4 is 56.2 Å². The van der Waals surface area contributed by atoms with E-state index in [1.165, 1.54) is 12.0 Å². The number of ether oxygens (including phenoxy) is 2. The molecule has 3 aliphatic heterocycles. The van der Waals surface area contributed by atoms with E-state index in [1.807, 2.05) is 18.2 Å². The van der Waals surface area contributed by atoms with Gasteiger partial charge in [-0.15, -0.1) is 0 Å². The number of carbonyl (C=O) groups excluding carboxylic acids is 4. The summed E-state index contributed by atoms with van der Waals surface area (Å²) in [6, 6.07) is 9.47. The molecule has 2 saturated heterocycles. The van der Waals surface area contributed by atoms with Crippen LogP contribution in [0.4, 0.5) is 4.39 Å². The van der Waals surface area contributed by atoms with Crippen LogP contribution in [0, 0.1) is 11.8 Å². The Morgan fingerprint density at radius 3 is 2.57 bits per heavy atom. The Labute approximate surface area is 353 Å². The van der Waals surface area contributed by atoms with Gasteiger partial charge in [-0.05, 0) is 75.6 Å². The number of nitrogens with zero attached hydrogens (tertiary/aromatic N) is 4. The highest BCUT2D eigenvalue weighted by Crippen LogP contribution is 2.46. The Balaban J connectivity index is 1.13. The van der Waals surface area contributed by atoms with E-state index >= 15 is 0 Å². The summed E-state index contributed by atoms with van der Waals surface area (Å²) in [5.74, 6) is -2.50. The van der Waals surface area contributed by atoms with Gasteiger partial charge in [0.2, 0.25) is 27.7 Å². The van der Waals surface area contributed by atoms with E-state index in [-0.39, 0.29) is 62.7 Å². The maximum absolute atomic E-state index is 14.9. The molecule has 5 aliphatic rings. The Kier molecular flexibility index (Phi) is 12.1. The first kappa shape index (κ1) is 41.9. The van der Waals surface area contributed by atoms with E-state index in [0.29, 0.717) is 65.9 Å². The number of alkyl halides is 1. The Hall–Kier alpha value is -4.83.